The zero-order valence-corrected chi connectivity index (χ0v) is 21.8. The lowest BCUT2D eigenvalue weighted by molar-refractivity contribution is -0.151. The molecule has 1 unspecified atom stereocenters. The van der Waals surface area contributed by atoms with E-state index in [-0.39, 0.29) is 23.6 Å². The van der Waals surface area contributed by atoms with Crippen molar-refractivity contribution in [1.82, 2.24) is 20.5 Å². The quantitative estimate of drug-likeness (QED) is 0.501. The van der Waals surface area contributed by atoms with Crippen molar-refractivity contribution in [2.45, 2.75) is 66.0 Å². The zero-order chi connectivity index (χ0) is 26.3. The van der Waals surface area contributed by atoms with Gasteiger partial charge in [0.05, 0.1) is 18.2 Å². The molecule has 2 aromatic heterocycles. The number of hydrogen-bond donors (Lipinski definition) is 2. The van der Waals surface area contributed by atoms with Crippen molar-refractivity contribution < 1.29 is 19.1 Å². The molecule has 9 nitrogen and oxygen atoms in total. The number of nitrogens with zero attached hydrogens (tertiary/aromatic N) is 3. The molecule has 36 heavy (non-hydrogen) atoms. The fraction of sp³-hybridized carbons (Fsp3) is 0.444. The van der Waals surface area contributed by atoms with Gasteiger partial charge in [0, 0.05) is 36.9 Å². The summed E-state index contributed by atoms with van der Waals surface area (Å²) < 4.78 is 10.1. The van der Waals surface area contributed by atoms with Crippen molar-refractivity contribution in [3.63, 3.8) is 0 Å². The topological polar surface area (TPSA) is 115 Å². The predicted octanol–water partition coefficient (Wildman–Crippen LogP) is 4.82. The van der Waals surface area contributed by atoms with Gasteiger partial charge >= 0.3 is 12.0 Å². The highest BCUT2D eigenvalue weighted by atomic mass is 16.6. The van der Waals surface area contributed by atoms with Crippen LogP contribution in [0.25, 0.3) is 22.0 Å². The lowest BCUT2D eigenvalue weighted by atomic mass is 9.97. The molecule has 0 radical (unpaired) electrons. The van der Waals surface area contributed by atoms with Crippen LogP contribution in [-0.4, -0.2) is 52.0 Å². The largest absolute Gasteiger partial charge is 0.460 e. The molecule has 2 N–H and O–H groups in total. The van der Waals surface area contributed by atoms with E-state index in [1.54, 1.807) is 0 Å². The summed E-state index contributed by atoms with van der Waals surface area (Å²) in [6.45, 7) is 12.3. The van der Waals surface area contributed by atoms with Crippen molar-refractivity contribution in [1.29, 1.82) is 0 Å². The molecule has 1 saturated heterocycles. The monoisotopic (exact) mass is 493 g/mol. The Balaban J connectivity index is 0.000000392. The fourth-order valence-electron chi connectivity index (χ4n) is 3.96. The Kier molecular flexibility index (Phi) is 8.93. The molecular formula is C27H35N5O4. The van der Waals surface area contributed by atoms with E-state index in [2.05, 4.69) is 44.9 Å². The number of ether oxygens (including phenoxy) is 2. The van der Waals surface area contributed by atoms with Crippen LogP contribution in [-0.2, 0) is 20.7 Å². The second kappa shape index (κ2) is 11.9. The molecule has 1 aromatic carbocycles. The van der Waals surface area contributed by atoms with Crippen LogP contribution in [0.4, 0.5) is 10.6 Å². The van der Waals surface area contributed by atoms with Gasteiger partial charge in [-0.05, 0) is 81.5 Å². The van der Waals surface area contributed by atoms with Gasteiger partial charge < -0.3 is 14.8 Å². The van der Waals surface area contributed by atoms with Crippen LogP contribution in [0.15, 0.2) is 36.7 Å². The second-order valence-electron chi connectivity index (χ2n) is 9.71. The summed E-state index contributed by atoms with van der Waals surface area (Å²) in [5.74, 6) is 0.194. The Bertz CT molecular complexity index is 1220. The number of amides is 2. The van der Waals surface area contributed by atoms with Crippen LogP contribution < -0.4 is 10.6 Å². The number of urea groups is 1. The van der Waals surface area contributed by atoms with E-state index in [0.717, 1.165) is 40.4 Å². The van der Waals surface area contributed by atoms with E-state index in [4.69, 9.17) is 9.47 Å². The van der Waals surface area contributed by atoms with Crippen LogP contribution in [0.2, 0.25) is 0 Å². The van der Waals surface area contributed by atoms with Crippen LogP contribution in [0, 0.1) is 6.92 Å². The number of rotatable bonds is 4. The summed E-state index contributed by atoms with van der Waals surface area (Å²) in [6, 6.07) is 7.82. The first kappa shape index (κ1) is 27.0. The van der Waals surface area contributed by atoms with Crippen molar-refractivity contribution >= 4 is 28.7 Å². The summed E-state index contributed by atoms with van der Waals surface area (Å²) >= 11 is 0. The Hall–Kier alpha value is -3.59. The van der Waals surface area contributed by atoms with Crippen LogP contribution >= 0.6 is 0 Å². The number of pyridine rings is 1. The van der Waals surface area contributed by atoms with E-state index in [1.807, 2.05) is 52.2 Å². The summed E-state index contributed by atoms with van der Waals surface area (Å²) in [6.07, 6.45) is 5.47. The normalized spacial score (nSPS) is 15.1. The van der Waals surface area contributed by atoms with Crippen molar-refractivity contribution in [2.24, 2.45) is 0 Å². The Morgan fingerprint density at radius 1 is 1.19 bits per heavy atom. The van der Waals surface area contributed by atoms with Crippen LogP contribution in [0.3, 0.4) is 0 Å². The number of fused-ring (bicyclic) bond motifs is 1. The van der Waals surface area contributed by atoms with Gasteiger partial charge in [-0.3, -0.25) is 15.1 Å². The molecule has 0 saturated carbocycles. The van der Waals surface area contributed by atoms with Gasteiger partial charge in [0.25, 0.3) is 0 Å². The minimum Gasteiger partial charge on any atom is -0.460 e. The van der Waals surface area contributed by atoms with Crippen molar-refractivity contribution in [3.05, 3.63) is 47.8 Å². The van der Waals surface area contributed by atoms with E-state index >= 15 is 0 Å². The molecule has 1 atom stereocenters. The maximum Gasteiger partial charge on any atom is 0.320 e. The molecule has 2 amide bonds. The number of carbonyl (C=O) groups excluding carboxylic acids is 2. The average molecular weight is 494 g/mol. The van der Waals surface area contributed by atoms with Gasteiger partial charge in [-0.1, -0.05) is 6.92 Å². The third-order valence-corrected chi connectivity index (χ3v) is 5.44. The molecule has 4 rings (SSSR count). The summed E-state index contributed by atoms with van der Waals surface area (Å²) in [7, 11) is 0. The summed E-state index contributed by atoms with van der Waals surface area (Å²) in [5.41, 5.74) is 4.96. The predicted molar refractivity (Wildman–Crippen MR) is 140 cm³/mol. The maximum absolute atomic E-state index is 12.2. The zero-order valence-electron chi connectivity index (χ0n) is 21.8. The fourth-order valence-corrected chi connectivity index (χ4v) is 3.96. The number of aromatic nitrogens is 3. The van der Waals surface area contributed by atoms with Gasteiger partial charge in [-0.25, -0.2) is 4.79 Å². The van der Waals surface area contributed by atoms with Gasteiger partial charge in [0.2, 0.25) is 0 Å². The van der Waals surface area contributed by atoms with E-state index in [1.165, 1.54) is 12.5 Å². The molecule has 1 fully saturated rings. The molecule has 1 aliphatic heterocycles. The first-order valence-electron chi connectivity index (χ1n) is 12.1. The van der Waals surface area contributed by atoms with Gasteiger partial charge in [-0.2, -0.15) is 0 Å². The van der Waals surface area contributed by atoms with Crippen molar-refractivity contribution in [3.8, 4) is 11.1 Å². The number of benzene rings is 1. The highest BCUT2D eigenvalue weighted by molar-refractivity contribution is 5.93. The number of hydrogen-bond acceptors (Lipinski definition) is 7. The number of anilines is 1. The molecule has 3 heterocycles. The minimum absolute atomic E-state index is 0.0420. The first-order chi connectivity index (χ1) is 17.1. The Morgan fingerprint density at radius 3 is 2.58 bits per heavy atom. The van der Waals surface area contributed by atoms with Crippen LogP contribution in [0.5, 0.6) is 0 Å². The SMILES string of the molecule is CC(=O)OC(C)(C)C.CCc1ccncc1-c1cc(C)c2nnc(NC(=O)NC3CCOC3)cc2c1. The molecule has 192 valence electrons. The van der Waals surface area contributed by atoms with Crippen LogP contribution in [0.1, 0.15) is 52.2 Å². The second-order valence-corrected chi connectivity index (χ2v) is 9.71. The highest BCUT2D eigenvalue weighted by Gasteiger charge is 2.18. The summed E-state index contributed by atoms with van der Waals surface area (Å²) in [4.78, 5) is 26.7. The highest BCUT2D eigenvalue weighted by Crippen LogP contribution is 2.29. The third kappa shape index (κ3) is 7.71. The molecule has 0 bridgehead atoms. The first-order valence-corrected chi connectivity index (χ1v) is 12.1. The molecule has 3 aromatic rings. The van der Waals surface area contributed by atoms with E-state index in [9.17, 15) is 9.59 Å². The van der Waals surface area contributed by atoms with Gasteiger partial charge in [-0.15, -0.1) is 10.2 Å². The number of carbonyl (C=O) groups is 2. The standard InChI is InChI=1S/C21H23N5O2.C6H12O2/c1-3-14-4-6-22-11-18(14)15-8-13(2)20-16(9-15)10-19(25-26-20)24-21(27)23-17-5-7-28-12-17;1-5(7)8-6(2,3)4/h4,6,8-11,17H,3,5,7,12H2,1-2H3,(H2,23,24,25,27);1-4H3. The minimum atomic E-state index is -0.328. The smallest absolute Gasteiger partial charge is 0.320 e. The van der Waals surface area contributed by atoms with E-state index in [0.29, 0.717) is 19.0 Å². The number of aryl methyl sites for hydroxylation is 2. The third-order valence-electron chi connectivity index (χ3n) is 5.44. The molecule has 9 heteroatoms. The van der Waals surface area contributed by atoms with E-state index < -0.39 is 0 Å². The van der Waals surface area contributed by atoms with Crippen molar-refractivity contribution in [2.75, 3.05) is 18.5 Å². The maximum atomic E-state index is 12.2. The number of nitrogens with one attached hydrogen (secondary N) is 2. The van der Waals surface area contributed by atoms with Gasteiger partial charge in [0.15, 0.2) is 5.82 Å². The summed E-state index contributed by atoms with van der Waals surface area (Å²) in [5, 5.41) is 15.0. The molecular weight excluding hydrogens is 458 g/mol. The number of esters is 1. The lowest BCUT2D eigenvalue weighted by Gasteiger charge is -2.17. The Morgan fingerprint density at radius 2 is 1.97 bits per heavy atom. The molecule has 1 aliphatic rings. The average Bonchev–Trinajstić information content (AvgIpc) is 3.30. The lowest BCUT2D eigenvalue weighted by Crippen LogP contribution is -2.38. The van der Waals surface area contributed by atoms with Gasteiger partial charge in [0.1, 0.15) is 5.60 Å². The molecule has 0 aliphatic carbocycles. The molecule has 0 spiro atoms. The Labute approximate surface area is 212 Å².